The van der Waals surface area contributed by atoms with E-state index in [1.165, 1.54) is 19.2 Å². The summed E-state index contributed by atoms with van der Waals surface area (Å²) in [7, 11) is -2.97. The molecule has 19 heavy (non-hydrogen) atoms. The van der Waals surface area contributed by atoms with Gasteiger partial charge in [-0.1, -0.05) is 0 Å². The van der Waals surface area contributed by atoms with Crippen molar-refractivity contribution in [1.29, 1.82) is 0 Å². The zero-order valence-electron chi connectivity index (χ0n) is 10.5. The van der Waals surface area contributed by atoms with Gasteiger partial charge in [-0.15, -0.1) is 11.3 Å². The van der Waals surface area contributed by atoms with Crippen molar-refractivity contribution in [3.63, 3.8) is 0 Å². The second-order valence-corrected chi connectivity index (χ2v) is 6.28. The molecule has 0 aliphatic carbocycles. The number of esters is 1. The lowest BCUT2D eigenvalue weighted by molar-refractivity contribution is -0.142. The summed E-state index contributed by atoms with van der Waals surface area (Å²) in [4.78, 5) is 21.6. The topological polar surface area (TPSA) is 110 Å². The van der Waals surface area contributed by atoms with Gasteiger partial charge in [0.25, 0.3) is 0 Å². The maximum absolute atomic E-state index is 12.1. The minimum Gasteiger partial charge on any atom is -0.477 e. The number of carbonyl (C=O) groups excluding carboxylic acids is 1. The molecule has 0 amide bonds. The van der Waals surface area contributed by atoms with E-state index < -0.39 is 28.0 Å². The van der Waals surface area contributed by atoms with E-state index in [9.17, 15) is 18.0 Å². The Morgan fingerprint density at radius 3 is 2.53 bits per heavy atom. The Bertz CT molecular complexity index is 604. The average Bonchev–Trinajstić information content (AvgIpc) is 2.70. The Hall–Kier alpha value is -1.45. The number of thiophene rings is 1. The van der Waals surface area contributed by atoms with Gasteiger partial charge in [-0.3, -0.25) is 4.79 Å². The van der Waals surface area contributed by atoms with Gasteiger partial charge in [-0.25, -0.2) is 13.2 Å². The molecule has 0 spiro atoms. The molecule has 1 heterocycles. The van der Waals surface area contributed by atoms with Gasteiger partial charge >= 0.3 is 11.9 Å². The number of ether oxygens (including phenoxy) is 1. The van der Waals surface area contributed by atoms with E-state index in [1.807, 2.05) is 0 Å². The number of carbonyl (C=O) groups is 2. The number of carboxylic acid groups (broad SMARTS) is 1. The van der Waals surface area contributed by atoms with Crippen LogP contribution in [0.3, 0.4) is 0 Å². The van der Waals surface area contributed by atoms with Crippen LogP contribution >= 0.6 is 11.3 Å². The largest absolute Gasteiger partial charge is 0.477 e. The molecule has 1 unspecified atom stereocenters. The summed E-state index contributed by atoms with van der Waals surface area (Å²) in [5.74, 6) is -2.09. The molecule has 0 aliphatic heterocycles. The number of methoxy groups -OCH3 is 1. The SMILES string of the molecule is COC(=O)C(C)NS(=O)(=O)c1c(C)csc1C(=O)O. The lowest BCUT2D eigenvalue weighted by Crippen LogP contribution is -2.39. The van der Waals surface area contributed by atoms with Crippen molar-refractivity contribution < 1.29 is 27.9 Å². The van der Waals surface area contributed by atoms with Crippen molar-refractivity contribution in [1.82, 2.24) is 4.72 Å². The van der Waals surface area contributed by atoms with Gasteiger partial charge in [0.05, 0.1) is 7.11 Å². The molecular formula is C10H13NO6S2. The highest BCUT2D eigenvalue weighted by molar-refractivity contribution is 7.89. The van der Waals surface area contributed by atoms with E-state index in [1.54, 1.807) is 0 Å². The summed E-state index contributed by atoms with van der Waals surface area (Å²) in [6.07, 6.45) is 0. The van der Waals surface area contributed by atoms with Gasteiger partial charge < -0.3 is 9.84 Å². The van der Waals surface area contributed by atoms with Crippen LogP contribution in [0.1, 0.15) is 22.2 Å². The van der Waals surface area contributed by atoms with Crippen LogP contribution in [0.4, 0.5) is 0 Å². The lowest BCUT2D eigenvalue weighted by atomic mass is 10.3. The zero-order valence-corrected chi connectivity index (χ0v) is 12.1. The van der Waals surface area contributed by atoms with Gasteiger partial charge in [0.15, 0.2) is 0 Å². The molecule has 1 atom stereocenters. The number of hydrogen-bond donors (Lipinski definition) is 2. The molecule has 9 heteroatoms. The molecule has 0 saturated carbocycles. The van der Waals surface area contributed by atoms with Crippen molar-refractivity contribution in [3.8, 4) is 0 Å². The first-order chi connectivity index (χ1) is 8.70. The van der Waals surface area contributed by atoms with Gasteiger partial charge in [-0.05, 0) is 24.8 Å². The van der Waals surface area contributed by atoms with Crippen LogP contribution in [-0.2, 0) is 19.6 Å². The van der Waals surface area contributed by atoms with Crippen molar-refractivity contribution in [3.05, 3.63) is 15.8 Å². The van der Waals surface area contributed by atoms with Crippen LogP contribution in [0.25, 0.3) is 0 Å². The van der Waals surface area contributed by atoms with Crippen molar-refractivity contribution in [2.75, 3.05) is 7.11 Å². The molecule has 1 aromatic heterocycles. The van der Waals surface area contributed by atoms with Crippen LogP contribution in [0, 0.1) is 6.92 Å². The summed E-state index contributed by atoms with van der Waals surface area (Å²) in [6.45, 7) is 2.80. The third kappa shape index (κ3) is 3.31. The van der Waals surface area contributed by atoms with E-state index in [-0.39, 0.29) is 9.77 Å². The molecule has 0 radical (unpaired) electrons. The minimum absolute atomic E-state index is 0.290. The minimum atomic E-state index is -4.10. The number of carboxylic acids is 1. The lowest BCUT2D eigenvalue weighted by Gasteiger charge is -2.12. The highest BCUT2D eigenvalue weighted by Gasteiger charge is 2.29. The Labute approximate surface area is 114 Å². The Morgan fingerprint density at radius 2 is 2.05 bits per heavy atom. The van der Waals surface area contributed by atoms with E-state index in [2.05, 4.69) is 9.46 Å². The first-order valence-corrected chi connectivity index (χ1v) is 7.48. The summed E-state index contributed by atoms with van der Waals surface area (Å²) < 4.78 is 30.7. The second kappa shape index (κ2) is 5.68. The number of aromatic carboxylic acids is 1. The van der Waals surface area contributed by atoms with Crippen molar-refractivity contribution in [2.45, 2.75) is 24.8 Å². The molecule has 0 bridgehead atoms. The predicted octanol–water partition coefficient (Wildman–Crippen LogP) is 0.595. The van der Waals surface area contributed by atoms with Crippen LogP contribution < -0.4 is 4.72 Å². The fourth-order valence-corrected chi connectivity index (χ4v) is 4.25. The summed E-state index contributed by atoms with van der Waals surface area (Å²) >= 11 is 0.817. The summed E-state index contributed by atoms with van der Waals surface area (Å²) in [5, 5.41) is 10.4. The first-order valence-electron chi connectivity index (χ1n) is 5.12. The summed E-state index contributed by atoms with van der Waals surface area (Å²) in [5.41, 5.74) is 0.312. The standard InChI is InChI=1S/C10H13NO6S2/c1-5-4-18-7(9(12)13)8(5)19(15,16)11-6(2)10(14)17-3/h4,6,11H,1-3H3,(H,12,13). The Balaban J connectivity index is 3.18. The fraction of sp³-hybridized carbons (Fsp3) is 0.400. The van der Waals surface area contributed by atoms with E-state index in [0.29, 0.717) is 5.56 Å². The van der Waals surface area contributed by atoms with Gasteiger partial charge in [0.1, 0.15) is 15.8 Å². The molecule has 2 N–H and O–H groups in total. The smallest absolute Gasteiger partial charge is 0.347 e. The fourth-order valence-electron chi connectivity index (χ4n) is 1.43. The molecule has 1 aromatic rings. The second-order valence-electron chi connectivity index (χ2n) is 3.75. The highest BCUT2D eigenvalue weighted by atomic mass is 32.2. The molecular weight excluding hydrogens is 294 g/mol. The average molecular weight is 307 g/mol. The molecule has 7 nitrogen and oxygen atoms in total. The van der Waals surface area contributed by atoms with Crippen molar-refractivity contribution >= 4 is 33.3 Å². The van der Waals surface area contributed by atoms with Crippen LogP contribution in [0.15, 0.2) is 10.3 Å². The van der Waals surface area contributed by atoms with Crippen LogP contribution in [0.2, 0.25) is 0 Å². The first kappa shape index (κ1) is 15.6. The molecule has 0 saturated heterocycles. The predicted molar refractivity (Wildman–Crippen MR) is 67.8 cm³/mol. The van der Waals surface area contributed by atoms with E-state index in [0.717, 1.165) is 18.4 Å². The molecule has 106 valence electrons. The van der Waals surface area contributed by atoms with E-state index >= 15 is 0 Å². The number of rotatable bonds is 5. The third-order valence-corrected chi connectivity index (χ3v) is 5.21. The molecule has 0 aliphatic rings. The monoisotopic (exact) mass is 307 g/mol. The summed E-state index contributed by atoms with van der Waals surface area (Å²) in [6, 6.07) is -1.10. The van der Waals surface area contributed by atoms with Gasteiger partial charge in [0, 0.05) is 0 Å². The molecule has 0 aromatic carbocycles. The van der Waals surface area contributed by atoms with E-state index in [4.69, 9.17) is 5.11 Å². The Kier molecular flexibility index (Phi) is 4.66. The number of sulfonamides is 1. The molecule has 0 fully saturated rings. The zero-order chi connectivity index (χ0) is 14.8. The van der Waals surface area contributed by atoms with Crippen LogP contribution in [-0.4, -0.2) is 38.6 Å². The van der Waals surface area contributed by atoms with Gasteiger partial charge in [0.2, 0.25) is 10.0 Å². The number of nitrogens with one attached hydrogen (secondary N) is 1. The quantitative estimate of drug-likeness (QED) is 0.771. The maximum atomic E-state index is 12.1. The van der Waals surface area contributed by atoms with Crippen molar-refractivity contribution in [2.24, 2.45) is 0 Å². The number of hydrogen-bond acceptors (Lipinski definition) is 6. The highest BCUT2D eigenvalue weighted by Crippen LogP contribution is 2.26. The van der Waals surface area contributed by atoms with Crippen LogP contribution in [0.5, 0.6) is 0 Å². The van der Waals surface area contributed by atoms with Gasteiger partial charge in [-0.2, -0.15) is 4.72 Å². The number of aryl methyl sites for hydroxylation is 1. The normalized spacial score (nSPS) is 13.0. The maximum Gasteiger partial charge on any atom is 0.347 e. The Morgan fingerprint density at radius 1 is 1.47 bits per heavy atom. The molecule has 1 rings (SSSR count). The third-order valence-electron chi connectivity index (χ3n) is 2.27.